The molecule has 0 N–H and O–H groups in total. The van der Waals surface area contributed by atoms with Crippen molar-refractivity contribution in [3.63, 3.8) is 0 Å². The number of fused-ring (bicyclic) bond motifs is 3. The third-order valence-corrected chi connectivity index (χ3v) is 19.5. The molecular weight excluding hydrogens is 937 g/mol. The van der Waals surface area contributed by atoms with Gasteiger partial charge in [-0.1, -0.05) is 277 Å². The third-order valence-electron chi connectivity index (χ3n) is 19.0. The van der Waals surface area contributed by atoms with Crippen molar-refractivity contribution in [1.29, 1.82) is 0 Å². The molecule has 0 radical (unpaired) electrons. The molecule has 4 aliphatic carbocycles. The molecule has 4 aromatic carbocycles. The minimum absolute atomic E-state index is 0.203. The highest BCUT2D eigenvalue weighted by atomic mass is 79.9. The summed E-state index contributed by atoms with van der Waals surface area (Å²) in [6.07, 6.45) is 51.5. The molecule has 1 heterocycles. The molecule has 4 aliphatic rings. The van der Waals surface area contributed by atoms with E-state index in [2.05, 4.69) is 132 Å². The molecule has 0 spiro atoms. The van der Waals surface area contributed by atoms with E-state index in [0.717, 1.165) is 17.7 Å². The molecule has 2 atom stereocenters. The van der Waals surface area contributed by atoms with Gasteiger partial charge in [0.2, 0.25) is 0 Å². The molecule has 5 aromatic rings. The Kier molecular flexibility index (Phi) is 19.9. The average Bonchev–Trinajstić information content (AvgIpc) is 4.10. The molecule has 2 nitrogen and oxygen atoms in total. The van der Waals surface area contributed by atoms with Crippen molar-refractivity contribution in [2.45, 2.75) is 255 Å². The van der Waals surface area contributed by atoms with Crippen molar-refractivity contribution in [3.05, 3.63) is 118 Å². The zero-order chi connectivity index (χ0) is 49.4. The van der Waals surface area contributed by atoms with Gasteiger partial charge in [-0.05, 0) is 114 Å². The first kappa shape index (κ1) is 53.4. The van der Waals surface area contributed by atoms with Crippen LogP contribution in [0.1, 0.15) is 261 Å². The van der Waals surface area contributed by atoms with Crippen LogP contribution in [0.15, 0.2) is 102 Å². The SMILES string of the molecule is CCCCCCCCCCCCCCC1CC23CC(CCCCCCCCCCCCCC)CC2(C1)c1cc(Br)ccc1-c1cc(-c2nc(C4CCCCC4)cn2-c2ccc(-c4ccccc4)cc2)ccc13. The van der Waals surface area contributed by atoms with Crippen molar-refractivity contribution in [3.8, 4) is 39.3 Å². The lowest BCUT2D eigenvalue weighted by Gasteiger charge is -2.48. The molecule has 0 bridgehead atoms. The minimum atomic E-state index is 0.203. The van der Waals surface area contributed by atoms with Gasteiger partial charge in [0.25, 0.3) is 0 Å². The first-order valence-corrected chi connectivity index (χ1v) is 31.5. The lowest BCUT2D eigenvalue weighted by atomic mass is 9.55. The van der Waals surface area contributed by atoms with Crippen LogP contribution in [0.5, 0.6) is 0 Å². The average molecular weight is 1030 g/mol. The van der Waals surface area contributed by atoms with Gasteiger partial charge < -0.3 is 0 Å². The van der Waals surface area contributed by atoms with Gasteiger partial charge in [0, 0.05) is 38.7 Å². The molecule has 72 heavy (non-hydrogen) atoms. The first-order valence-electron chi connectivity index (χ1n) is 30.7. The van der Waals surface area contributed by atoms with Crippen molar-refractivity contribution in [1.82, 2.24) is 9.55 Å². The Bertz CT molecular complexity index is 2340. The summed E-state index contributed by atoms with van der Waals surface area (Å²) in [6, 6.07) is 35.3. The van der Waals surface area contributed by atoms with Crippen LogP contribution in [0.2, 0.25) is 0 Å². The first-order chi connectivity index (χ1) is 35.5. The Morgan fingerprint density at radius 1 is 0.472 bits per heavy atom. The molecule has 0 amide bonds. The predicted octanol–water partition coefficient (Wildman–Crippen LogP) is 22.2. The molecule has 0 aliphatic heterocycles. The van der Waals surface area contributed by atoms with Gasteiger partial charge in [0.05, 0.1) is 5.69 Å². The molecule has 9 rings (SSSR count). The zero-order valence-corrected chi connectivity index (χ0v) is 47.1. The highest BCUT2D eigenvalue weighted by molar-refractivity contribution is 9.10. The largest absolute Gasteiger partial charge is 0.300 e. The second-order valence-electron chi connectivity index (χ2n) is 24.1. The summed E-state index contributed by atoms with van der Waals surface area (Å²) in [6.45, 7) is 4.65. The highest BCUT2D eigenvalue weighted by Gasteiger charge is 2.66. The van der Waals surface area contributed by atoms with Crippen LogP contribution in [0, 0.1) is 11.8 Å². The summed E-state index contributed by atoms with van der Waals surface area (Å²) in [5.41, 5.74) is 13.0. The molecule has 1 aromatic heterocycles. The van der Waals surface area contributed by atoms with Crippen LogP contribution in [-0.4, -0.2) is 9.55 Å². The molecule has 3 fully saturated rings. The third kappa shape index (κ3) is 12.8. The highest BCUT2D eigenvalue weighted by Crippen LogP contribution is 2.72. The normalized spacial score (nSPS) is 21.4. The minimum Gasteiger partial charge on any atom is -0.300 e. The molecule has 2 unspecified atom stereocenters. The molecular formula is C69H95BrN2. The van der Waals surface area contributed by atoms with Crippen LogP contribution in [0.4, 0.5) is 0 Å². The summed E-state index contributed by atoms with van der Waals surface area (Å²) in [7, 11) is 0. The number of rotatable bonds is 30. The van der Waals surface area contributed by atoms with Crippen LogP contribution in [0.25, 0.3) is 39.3 Å². The number of hydrogen-bond donors (Lipinski definition) is 0. The lowest BCUT2D eigenvalue weighted by molar-refractivity contribution is 0.299. The Morgan fingerprint density at radius 3 is 1.50 bits per heavy atom. The van der Waals surface area contributed by atoms with E-state index in [4.69, 9.17) is 4.98 Å². The summed E-state index contributed by atoms with van der Waals surface area (Å²) in [5, 5.41) is 0. The van der Waals surface area contributed by atoms with Crippen molar-refractivity contribution < 1.29 is 0 Å². The van der Waals surface area contributed by atoms with E-state index in [1.54, 1.807) is 11.1 Å². The Labute approximate surface area is 447 Å². The quantitative estimate of drug-likeness (QED) is 0.0419. The Hall–Kier alpha value is -3.43. The smallest absolute Gasteiger partial charge is 0.144 e. The molecule has 3 saturated carbocycles. The van der Waals surface area contributed by atoms with Crippen molar-refractivity contribution in [2.75, 3.05) is 0 Å². The second kappa shape index (κ2) is 26.9. The maximum Gasteiger partial charge on any atom is 0.144 e. The Balaban J connectivity index is 0.956. The predicted molar refractivity (Wildman–Crippen MR) is 314 cm³/mol. The fourth-order valence-corrected chi connectivity index (χ4v) is 15.6. The van der Waals surface area contributed by atoms with E-state index in [1.165, 1.54) is 268 Å². The number of aromatic nitrogens is 2. The van der Waals surface area contributed by atoms with Gasteiger partial charge in [0.1, 0.15) is 5.82 Å². The van der Waals surface area contributed by atoms with Crippen LogP contribution >= 0.6 is 15.9 Å². The maximum atomic E-state index is 5.66. The zero-order valence-electron chi connectivity index (χ0n) is 45.5. The van der Waals surface area contributed by atoms with E-state index in [0.29, 0.717) is 5.92 Å². The van der Waals surface area contributed by atoms with Crippen LogP contribution in [0.3, 0.4) is 0 Å². The maximum absolute atomic E-state index is 5.66. The van der Waals surface area contributed by atoms with Gasteiger partial charge in [-0.2, -0.15) is 0 Å². The van der Waals surface area contributed by atoms with Crippen LogP contribution in [-0.2, 0) is 10.8 Å². The van der Waals surface area contributed by atoms with Crippen molar-refractivity contribution in [2.24, 2.45) is 11.8 Å². The standard InChI is InChI=1S/C69H95BrN2/c1-3-5-7-9-11-13-15-17-19-21-23-27-33-54-49-68-50-55(34-28-24-22-20-18-16-14-12-10-8-6-4-2)52-69(68,51-54)65-48-60(70)42-45-62(65)63-47-59(41-46-64(63)68)67-71-66(58-37-31-26-32-38-58)53-72(67)61-43-39-57(40-44-61)56-35-29-25-30-36-56/h25,29-30,35-36,39-48,53-55,58H,3-24,26-28,31-34,37-38,49-52H2,1-2H3. The number of unbranched alkanes of at least 4 members (excludes halogenated alkanes) is 22. The van der Waals surface area contributed by atoms with Crippen LogP contribution < -0.4 is 0 Å². The fourth-order valence-electron chi connectivity index (χ4n) is 15.3. The second-order valence-corrected chi connectivity index (χ2v) is 25.0. The van der Waals surface area contributed by atoms with Gasteiger partial charge in [-0.15, -0.1) is 0 Å². The van der Waals surface area contributed by atoms with E-state index >= 15 is 0 Å². The molecule has 0 saturated heterocycles. The number of imidazole rings is 1. The van der Waals surface area contributed by atoms with E-state index < -0.39 is 0 Å². The number of nitrogens with zero attached hydrogens (tertiary/aromatic N) is 2. The summed E-state index contributed by atoms with van der Waals surface area (Å²) >= 11 is 4.07. The fraction of sp³-hybridized carbons (Fsp3) is 0.609. The summed E-state index contributed by atoms with van der Waals surface area (Å²) in [4.78, 5) is 5.66. The van der Waals surface area contributed by atoms with Gasteiger partial charge in [-0.25, -0.2) is 4.98 Å². The Morgan fingerprint density at radius 2 is 0.958 bits per heavy atom. The summed E-state index contributed by atoms with van der Waals surface area (Å²) < 4.78 is 3.69. The van der Waals surface area contributed by atoms with E-state index in [-0.39, 0.29) is 10.8 Å². The van der Waals surface area contributed by atoms with E-state index in [1.807, 2.05) is 0 Å². The number of benzene rings is 4. The lowest BCUT2D eigenvalue weighted by Crippen LogP contribution is -2.43. The summed E-state index contributed by atoms with van der Waals surface area (Å²) in [5.74, 6) is 3.24. The van der Waals surface area contributed by atoms with Gasteiger partial charge in [-0.3, -0.25) is 4.57 Å². The van der Waals surface area contributed by atoms with Gasteiger partial charge >= 0.3 is 0 Å². The van der Waals surface area contributed by atoms with Crippen molar-refractivity contribution >= 4 is 15.9 Å². The van der Waals surface area contributed by atoms with E-state index in [9.17, 15) is 0 Å². The number of hydrogen-bond acceptors (Lipinski definition) is 1. The monoisotopic (exact) mass is 1030 g/mol. The van der Waals surface area contributed by atoms with Gasteiger partial charge in [0.15, 0.2) is 0 Å². The molecule has 3 heteroatoms. The number of halogens is 1. The topological polar surface area (TPSA) is 17.8 Å². The molecule has 388 valence electrons.